The van der Waals surface area contributed by atoms with Crippen molar-refractivity contribution in [1.29, 1.82) is 0 Å². The van der Waals surface area contributed by atoms with Crippen LogP contribution in [-0.2, 0) is 9.59 Å². The van der Waals surface area contributed by atoms with Crippen molar-refractivity contribution in [1.82, 2.24) is 4.90 Å². The van der Waals surface area contributed by atoms with Crippen LogP contribution in [0.1, 0.15) is 42.3 Å². The number of amides is 1. The van der Waals surface area contributed by atoms with Crippen LogP contribution in [0.2, 0.25) is 0 Å². The van der Waals surface area contributed by atoms with Crippen LogP contribution in [0.15, 0.2) is 47.2 Å². The second-order valence-corrected chi connectivity index (χ2v) is 7.39. The summed E-state index contributed by atoms with van der Waals surface area (Å²) >= 11 is 1.64. The van der Waals surface area contributed by atoms with Crippen molar-refractivity contribution in [3.63, 3.8) is 0 Å². The zero-order valence-electron chi connectivity index (χ0n) is 13.2. The Morgan fingerprint density at radius 2 is 1.88 bits per heavy atom. The van der Waals surface area contributed by atoms with Crippen LogP contribution in [0.4, 0.5) is 0 Å². The van der Waals surface area contributed by atoms with Gasteiger partial charge in [0.1, 0.15) is 6.04 Å². The van der Waals surface area contributed by atoms with Crippen LogP contribution in [0.5, 0.6) is 0 Å². The van der Waals surface area contributed by atoms with Gasteiger partial charge in [-0.2, -0.15) is 11.3 Å². The first-order chi connectivity index (χ1) is 11.7. The molecule has 24 heavy (non-hydrogen) atoms. The van der Waals surface area contributed by atoms with E-state index in [0.29, 0.717) is 12.8 Å². The predicted octanol–water partition coefficient (Wildman–Crippen LogP) is 3.67. The summed E-state index contributed by atoms with van der Waals surface area (Å²) in [5.74, 6) is -0.694. The fraction of sp³-hybridized carbons (Fsp3) is 0.368. The summed E-state index contributed by atoms with van der Waals surface area (Å²) in [6.45, 7) is 0. The first kappa shape index (κ1) is 15.4. The second kappa shape index (κ2) is 6.06. The van der Waals surface area contributed by atoms with Crippen LogP contribution in [0.25, 0.3) is 0 Å². The molecule has 0 spiro atoms. The highest BCUT2D eigenvalue weighted by atomic mass is 32.1. The van der Waals surface area contributed by atoms with Gasteiger partial charge >= 0.3 is 5.97 Å². The molecule has 2 fully saturated rings. The third-order valence-electron chi connectivity index (χ3n) is 5.19. The Hall–Kier alpha value is -2.14. The average molecular weight is 341 g/mol. The van der Waals surface area contributed by atoms with Gasteiger partial charge in [-0.15, -0.1) is 0 Å². The van der Waals surface area contributed by atoms with E-state index < -0.39 is 12.0 Å². The summed E-state index contributed by atoms with van der Waals surface area (Å²) < 4.78 is 0. The molecule has 124 valence electrons. The molecule has 5 heteroatoms. The predicted molar refractivity (Wildman–Crippen MR) is 91.9 cm³/mol. The Kier molecular flexibility index (Phi) is 3.88. The molecule has 1 saturated carbocycles. The quantitative estimate of drug-likeness (QED) is 0.923. The van der Waals surface area contributed by atoms with Gasteiger partial charge in [-0.1, -0.05) is 30.3 Å². The van der Waals surface area contributed by atoms with Gasteiger partial charge in [0.25, 0.3) is 0 Å². The van der Waals surface area contributed by atoms with E-state index in [4.69, 9.17) is 0 Å². The molecule has 2 aromatic rings. The summed E-state index contributed by atoms with van der Waals surface area (Å²) in [5.41, 5.74) is 2.24. The molecule has 1 saturated heterocycles. The lowest BCUT2D eigenvalue weighted by atomic mass is 10.0. The topological polar surface area (TPSA) is 57.6 Å². The number of thiophene rings is 1. The number of hydrogen-bond acceptors (Lipinski definition) is 3. The van der Waals surface area contributed by atoms with Crippen LogP contribution >= 0.6 is 11.3 Å². The number of likely N-dealkylation sites (tertiary alicyclic amines) is 1. The third-order valence-corrected chi connectivity index (χ3v) is 5.89. The summed E-state index contributed by atoms with van der Waals surface area (Å²) in [5, 5.41) is 13.7. The molecule has 4 rings (SSSR count). The largest absolute Gasteiger partial charge is 0.480 e. The standard InChI is InChI=1S/C19H19NO3S/c21-18(15-10-14(15)13-8-9-24-11-13)20-16(6-7-17(20)19(22)23)12-4-2-1-3-5-12/h1-5,8-9,11,14-17H,6-7,10H2,(H,22,23)/t14-,15+,16-,17?/m0/s1. The van der Waals surface area contributed by atoms with Crippen molar-refractivity contribution in [2.45, 2.75) is 37.3 Å². The molecule has 2 aliphatic rings. The van der Waals surface area contributed by atoms with E-state index in [9.17, 15) is 14.7 Å². The fourth-order valence-electron chi connectivity index (χ4n) is 3.88. The number of nitrogens with zero attached hydrogens (tertiary/aromatic N) is 1. The third kappa shape index (κ3) is 2.63. The number of hydrogen-bond donors (Lipinski definition) is 1. The van der Waals surface area contributed by atoms with Gasteiger partial charge in [-0.25, -0.2) is 4.79 Å². The van der Waals surface area contributed by atoms with Crippen molar-refractivity contribution in [2.24, 2.45) is 5.92 Å². The van der Waals surface area contributed by atoms with E-state index in [2.05, 4.69) is 11.4 Å². The molecule has 4 nitrogen and oxygen atoms in total. The maximum absolute atomic E-state index is 13.1. The Bertz CT molecular complexity index is 743. The number of carboxylic acids is 1. The first-order valence-electron chi connectivity index (χ1n) is 8.29. The molecule has 1 aromatic heterocycles. The molecule has 1 aliphatic carbocycles. The summed E-state index contributed by atoms with van der Waals surface area (Å²) in [4.78, 5) is 26.4. The molecule has 4 atom stereocenters. The summed E-state index contributed by atoms with van der Waals surface area (Å²) in [6.07, 6.45) is 2.07. The van der Waals surface area contributed by atoms with Crippen molar-refractivity contribution in [2.75, 3.05) is 0 Å². The highest BCUT2D eigenvalue weighted by Gasteiger charge is 2.51. The number of carbonyl (C=O) groups is 2. The van der Waals surface area contributed by atoms with E-state index >= 15 is 0 Å². The smallest absolute Gasteiger partial charge is 0.326 e. The van der Waals surface area contributed by atoms with E-state index in [0.717, 1.165) is 12.0 Å². The summed E-state index contributed by atoms with van der Waals surface area (Å²) in [6, 6.07) is 11.0. The lowest BCUT2D eigenvalue weighted by Crippen LogP contribution is -2.42. The van der Waals surface area contributed by atoms with Gasteiger partial charge in [0.15, 0.2) is 0 Å². The summed E-state index contributed by atoms with van der Waals surface area (Å²) in [7, 11) is 0. The molecule has 1 aliphatic heterocycles. The van der Waals surface area contributed by atoms with Gasteiger partial charge in [-0.3, -0.25) is 4.79 Å². The van der Waals surface area contributed by atoms with Crippen LogP contribution < -0.4 is 0 Å². The molecule has 1 N–H and O–H groups in total. The van der Waals surface area contributed by atoms with Crippen molar-refractivity contribution in [3.05, 3.63) is 58.3 Å². The van der Waals surface area contributed by atoms with Gasteiger partial charge in [-0.05, 0) is 53.1 Å². The minimum Gasteiger partial charge on any atom is -0.480 e. The van der Waals surface area contributed by atoms with Crippen LogP contribution in [0, 0.1) is 5.92 Å². The minimum absolute atomic E-state index is 0.00459. The zero-order valence-corrected chi connectivity index (χ0v) is 14.0. The Labute approximate surface area is 144 Å². The fourth-order valence-corrected chi connectivity index (χ4v) is 4.60. The molecule has 1 unspecified atom stereocenters. The van der Waals surface area contributed by atoms with E-state index in [1.165, 1.54) is 5.56 Å². The lowest BCUT2D eigenvalue weighted by Gasteiger charge is -2.29. The first-order valence-corrected chi connectivity index (χ1v) is 9.23. The van der Waals surface area contributed by atoms with Gasteiger partial charge in [0.2, 0.25) is 5.91 Å². The van der Waals surface area contributed by atoms with Crippen molar-refractivity contribution >= 4 is 23.2 Å². The number of carbonyl (C=O) groups excluding carboxylic acids is 1. The number of benzene rings is 1. The maximum Gasteiger partial charge on any atom is 0.326 e. The highest BCUT2D eigenvalue weighted by Crippen LogP contribution is 2.51. The van der Waals surface area contributed by atoms with E-state index in [1.54, 1.807) is 16.2 Å². The molecule has 0 bridgehead atoms. The minimum atomic E-state index is -0.894. The number of carboxylic acid groups (broad SMARTS) is 1. The Morgan fingerprint density at radius 1 is 1.08 bits per heavy atom. The SMILES string of the molecule is O=C(O)C1CC[C@@H](c2ccccc2)N1C(=O)[C@@H]1C[C@H]1c1ccsc1. The molecular weight excluding hydrogens is 322 g/mol. The van der Waals surface area contributed by atoms with E-state index in [1.807, 2.05) is 35.7 Å². The monoisotopic (exact) mass is 341 g/mol. The van der Waals surface area contributed by atoms with Crippen LogP contribution in [-0.4, -0.2) is 27.9 Å². The molecule has 2 heterocycles. The average Bonchev–Trinajstić information content (AvgIpc) is 3.02. The lowest BCUT2D eigenvalue weighted by molar-refractivity contribution is -0.150. The van der Waals surface area contributed by atoms with E-state index in [-0.39, 0.29) is 23.8 Å². The normalized spacial score (nSPS) is 28.8. The van der Waals surface area contributed by atoms with Gasteiger partial charge in [0, 0.05) is 5.92 Å². The second-order valence-electron chi connectivity index (χ2n) is 6.61. The maximum atomic E-state index is 13.1. The van der Waals surface area contributed by atoms with Gasteiger partial charge < -0.3 is 10.0 Å². The molecule has 1 aromatic carbocycles. The highest BCUT2D eigenvalue weighted by molar-refractivity contribution is 7.08. The Morgan fingerprint density at radius 3 is 2.54 bits per heavy atom. The zero-order chi connectivity index (χ0) is 16.7. The Balaban J connectivity index is 1.59. The molecule has 1 amide bonds. The molecular formula is C19H19NO3S. The van der Waals surface area contributed by atoms with Gasteiger partial charge in [0.05, 0.1) is 6.04 Å². The number of aliphatic carboxylic acids is 1. The van der Waals surface area contributed by atoms with Crippen molar-refractivity contribution in [3.8, 4) is 0 Å². The molecule has 0 radical (unpaired) electrons. The van der Waals surface area contributed by atoms with Crippen LogP contribution in [0.3, 0.4) is 0 Å². The van der Waals surface area contributed by atoms with Crippen molar-refractivity contribution < 1.29 is 14.7 Å². The number of rotatable bonds is 4.